The van der Waals surface area contributed by atoms with Gasteiger partial charge in [-0.1, -0.05) is 12.1 Å². The van der Waals surface area contributed by atoms with Crippen molar-refractivity contribution in [1.29, 1.82) is 0 Å². The Bertz CT molecular complexity index is 548. The molecule has 2 aliphatic heterocycles. The highest BCUT2D eigenvalue weighted by atomic mass is 32.2. The number of rotatable bonds is 2. The number of carbonyl (C=O) groups excluding carboxylic acids is 2. The third-order valence-corrected chi connectivity index (χ3v) is 4.87. The molecule has 2 aliphatic rings. The van der Waals surface area contributed by atoms with E-state index in [1.165, 1.54) is 0 Å². The molecular weight excluding hydrogens is 262 g/mol. The van der Waals surface area contributed by atoms with Gasteiger partial charge in [0.05, 0.1) is 11.7 Å². The van der Waals surface area contributed by atoms with Crippen molar-refractivity contribution in [2.75, 3.05) is 17.2 Å². The van der Waals surface area contributed by atoms with Crippen molar-refractivity contribution < 1.29 is 9.59 Å². The smallest absolute Gasteiger partial charge is 0.325 e. The number of anilines is 1. The van der Waals surface area contributed by atoms with Crippen molar-refractivity contribution in [2.45, 2.75) is 23.9 Å². The SMILES string of the molecule is CC(C(N)=O)N1CC2CSc3ccccc3N2C1=O. The summed E-state index contributed by atoms with van der Waals surface area (Å²) in [5.74, 6) is 0.388. The fourth-order valence-electron chi connectivity index (χ4n) is 2.55. The maximum Gasteiger partial charge on any atom is 0.325 e. The van der Waals surface area contributed by atoms with Gasteiger partial charge >= 0.3 is 6.03 Å². The Morgan fingerprint density at radius 2 is 2.21 bits per heavy atom. The second kappa shape index (κ2) is 4.45. The van der Waals surface area contributed by atoms with Crippen LogP contribution in [0.2, 0.25) is 0 Å². The molecule has 1 fully saturated rings. The number of hydrogen-bond donors (Lipinski definition) is 1. The van der Waals surface area contributed by atoms with Gasteiger partial charge < -0.3 is 10.6 Å². The zero-order valence-corrected chi connectivity index (χ0v) is 11.4. The molecule has 2 atom stereocenters. The molecule has 3 amide bonds. The summed E-state index contributed by atoms with van der Waals surface area (Å²) in [5.41, 5.74) is 6.24. The van der Waals surface area contributed by atoms with Crippen LogP contribution in [0.4, 0.5) is 10.5 Å². The number of amides is 3. The van der Waals surface area contributed by atoms with Crippen molar-refractivity contribution in [3.05, 3.63) is 24.3 Å². The average Bonchev–Trinajstić information content (AvgIpc) is 2.75. The lowest BCUT2D eigenvalue weighted by Gasteiger charge is -2.29. The van der Waals surface area contributed by atoms with Crippen molar-refractivity contribution in [1.82, 2.24) is 4.90 Å². The molecule has 100 valence electrons. The van der Waals surface area contributed by atoms with Gasteiger partial charge in [-0.15, -0.1) is 11.8 Å². The zero-order valence-electron chi connectivity index (χ0n) is 10.6. The number of fused-ring (bicyclic) bond motifs is 3. The van der Waals surface area contributed by atoms with E-state index in [-0.39, 0.29) is 12.1 Å². The topological polar surface area (TPSA) is 66.6 Å². The Balaban J connectivity index is 1.95. The van der Waals surface area contributed by atoms with E-state index >= 15 is 0 Å². The van der Waals surface area contributed by atoms with Gasteiger partial charge in [0.2, 0.25) is 5.91 Å². The largest absolute Gasteiger partial charge is 0.368 e. The summed E-state index contributed by atoms with van der Waals surface area (Å²) in [7, 11) is 0. The van der Waals surface area contributed by atoms with Crippen LogP contribution >= 0.6 is 11.8 Å². The van der Waals surface area contributed by atoms with Crippen LogP contribution in [0.5, 0.6) is 0 Å². The maximum absolute atomic E-state index is 12.5. The van der Waals surface area contributed by atoms with Crippen LogP contribution < -0.4 is 10.6 Å². The zero-order chi connectivity index (χ0) is 13.6. The molecule has 0 aromatic heterocycles. The highest BCUT2D eigenvalue weighted by molar-refractivity contribution is 7.99. The first-order valence-corrected chi connectivity index (χ1v) is 7.19. The number of carbonyl (C=O) groups is 2. The highest BCUT2D eigenvalue weighted by Gasteiger charge is 2.44. The van der Waals surface area contributed by atoms with E-state index in [0.29, 0.717) is 6.54 Å². The van der Waals surface area contributed by atoms with Crippen molar-refractivity contribution >= 4 is 29.4 Å². The summed E-state index contributed by atoms with van der Waals surface area (Å²) in [4.78, 5) is 28.2. The highest BCUT2D eigenvalue weighted by Crippen LogP contribution is 2.40. The number of primary amides is 1. The first kappa shape index (κ1) is 12.3. The van der Waals surface area contributed by atoms with Gasteiger partial charge in [0.1, 0.15) is 6.04 Å². The Kier molecular flexibility index (Phi) is 2.89. The van der Waals surface area contributed by atoms with Gasteiger partial charge in [0, 0.05) is 17.2 Å². The number of nitrogens with two attached hydrogens (primary N) is 1. The van der Waals surface area contributed by atoms with Gasteiger partial charge in [-0.3, -0.25) is 9.69 Å². The number of urea groups is 1. The molecule has 1 aromatic rings. The van der Waals surface area contributed by atoms with E-state index in [2.05, 4.69) is 0 Å². The molecule has 2 N–H and O–H groups in total. The molecule has 0 aliphatic carbocycles. The van der Waals surface area contributed by atoms with E-state index in [1.54, 1.807) is 28.5 Å². The number of thioether (sulfide) groups is 1. The predicted molar refractivity (Wildman–Crippen MR) is 74.2 cm³/mol. The molecule has 1 aromatic carbocycles. The van der Waals surface area contributed by atoms with Crippen LogP contribution in [0.1, 0.15) is 6.92 Å². The van der Waals surface area contributed by atoms with Gasteiger partial charge in [-0.2, -0.15) is 0 Å². The van der Waals surface area contributed by atoms with Gasteiger partial charge in [-0.25, -0.2) is 4.79 Å². The summed E-state index contributed by atoms with van der Waals surface area (Å²) in [5, 5.41) is 0. The fraction of sp³-hybridized carbons (Fsp3) is 0.385. The molecule has 2 heterocycles. The minimum absolute atomic E-state index is 0.120. The molecule has 6 heteroatoms. The summed E-state index contributed by atoms with van der Waals surface area (Å²) < 4.78 is 0. The predicted octanol–water partition coefficient (Wildman–Crippen LogP) is 1.28. The van der Waals surface area contributed by atoms with Crippen molar-refractivity contribution in [3.63, 3.8) is 0 Å². The van der Waals surface area contributed by atoms with Crippen LogP contribution in [0.25, 0.3) is 0 Å². The Labute approximate surface area is 115 Å². The Morgan fingerprint density at radius 3 is 2.95 bits per heavy atom. The minimum Gasteiger partial charge on any atom is -0.368 e. The Hall–Kier alpha value is -1.69. The van der Waals surface area contributed by atoms with Crippen LogP contribution in [0.3, 0.4) is 0 Å². The maximum atomic E-state index is 12.5. The lowest BCUT2D eigenvalue weighted by Crippen LogP contribution is -2.45. The van der Waals surface area contributed by atoms with E-state index in [0.717, 1.165) is 16.3 Å². The number of para-hydroxylation sites is 1. The van der Waals surface area contributed by atoms with Crippen LogP contribution in [0.15, 0.2) is 29.2 Å². The molecule has 0 bridgehead atoms. The molecule has 0 spiro atoms. The minimum atomic E-state index is -0.560. The standard InChI is InChI=1S/C13H15N3O2S/c1-8(12(14)17)15-6-9-7-19-11-5-3-2-4-10(11)16(9)13(15)18/h2-5,8-9H,6-7H2,1H3,(H2,14,17). The summed E-state index contributed by atoms with van der Waals surface area (Å²) in [6, 6.07) is 7.30. The number of hydrogen-bond acceptors (Lipinski definition) is 3. The lowest BCUT2D eigenvalue weighted by atomic mass is 10.2. The van der Waals surface area contributed by atoms with Crippen molar-refractivity contribution in [3.8, 4) is 0 Å². The molecule has 5 nitrogen and oxygen atoms in total. The first-order valence-electron chi connectivity index (χ1n) is 6.20. The molecular formula is C13H15N3O2S. The van der Waals surface area contributed by atoms with Gasteiger partial charge in [0.15, 0.2) is 0 Å². The summed E-state index contributed by atoms with van der Waals surface area (Å²) >= 11 is 1.75. The van der Waals surface area contributed by atoms with Crippen LogP contribution in [-0.2, 0) is 4.79 Å². The third-order valence-electron chi connectivity index (χ3n) is 3.66. The average molecular weight is 277 g/mol. The third kappa shape index (κ3) is 1.87. The molecule has 1 saturated heterocycles. The number of nitrogens with zero attached hydrogens (tertiary/aromatic N) is 2. The van der Waals surface area contributed by atoms with Crippen molar-refractivity contribution in [2.24, 2.45) is 5.73 Å². The summed E-state index contributed by atoms with van der Waals surface area (Å²) in [6.07, 6.45) is 0. The van der Waals surface area contributed by atoms with Gasteiger partial charge in [-0.05, 0) is 19.1 Å². The van der Waals surface area contributed by atoms with E-state index in [9.17, 15) is 9.59 Å². The first-order chi connectivity index (χ1) is 9.09. The summed E-state index contributed by atoms with van der Waals surface area (Å²) in [6.45, 7) is 2.24. The van der Waals surface area contributed by atoms with E-state index < -0.39 is 11.9 Å². The lowest BCUT2D eigenvalue weighted by molar-refractivity contribution is -0.121. The molecule has 2 unspecified atom stereocenters. The number of benzene rings is 1. The molecule has 0 radical (unpaired) electrons. The molecule has 0 saturated carbocycles. The quantitative estimate of drug-likeness (QED) is 0.885. The normalized spacial score (nSPS) is 23.0. The van der Waals surface area contributed by atoms with Gasteiger partial charge in [0.25, 0.3) is 0 Å². The van der Waals surface area contributed by atoms with Crippen LogP contribution in [0, 0.1) is 0 Å². The van der Waals surface area contributed by atoms with Crippen LogP contribution in [-0.4, -0.2) is 41.2 Å². The van der Waals surface area contributed by atoms with E-state index in [4.69, 9.17) is 5.73 Å². The van der Waals surface area contributed by atoms with E-state index in [1.807, 2.05) is 24.3 Å². The molecule has 19 heavy (non-hydrogen) atoms. The monoisotopic (exact) mass is 277 g/mol. The fourth-order valence-corrected chi connectivity index (χ4v) is 3.67. The second-order valence-corrected chi connectivity index (χ2v) is 5.88. The second-order valence-electron chi connectivity index (χ2n) is 4.82. The Morgan fingerprint density at radius 1 is 1.47 bits per heavy atom. The molecule has 3 rings (SSSR count).